The highest BCUT2D eigenvalue weighted by atomic mass is 35.5. The molecule has 7 heteroatoms. The molecule has 0 saturated carbocycles. The lowest BCUT2D eigenvalue weighted by atomic mass is 10.1. The van der Waals surface area contributed by atoms with E-state index in [0.29, 0.717) is 35.3 Å². The number of anilines is 1. The lowest BCUT2D eigenvalue weighted by molar-refractivity contribution is -0.116. The lowest BCUT2D eigenvalue weighted by Gasteiger charge is -2.13. The normalized spacial score (nSPS) is 16.6. The predicted octanol–water partition coefficient (Wildman–Crippen LogP) is 3.23. The fraction of sp³-hybridized carbons (Fsp3) is 0.529. The van der Waals surface area contributed by atoms with Crippen LogP contribution in [0.2, 0.25) is 5.02 Å². The maximum absolute atomic E-state index is 12.3. The quantitative estimate of drug-likeness (QED) is 0.716. The molecule has 1 aromatic rings. The molecular weight excluding hydrogens is 349 g/mol. The summed E-state index contributed by atoms with van der Waals surface area (Å²) in [4.78, 5) is 24.1. The number of nitrogens with one attached hydrogen (secondary N) is 3. The Morgan fingerprint density at radius 1 is 1.38 bits per heavy atom. The topological polar surface area (TPSA) is 70.2 Å². The summed E-state index contributed by atoms with van der Waals surface area (Å²) in [5, 5.41) is 9.41. The van der Waals surface area contributed by atoms with Gasteiger partial charge in [-0.1, -0.05) is 25.4 Å². The molecule has 1 atom stereocenters. The first-order valence-electron chi connectivity index (χ1n) is 8.06. The van der Waals surface area contributed by atoms with Gasteiger partial charge in [0, 0.05) is 24.7 Å². The van der Waals surface area contributed by atoms with Gasteiger partial charge in [-0.3, -0.25) is 9.59 Å². The summed E-state index contributed by atoms with van der Waals surface area (Å²) in [5.41, 5.74) is 0.969. The second-order valence-electron chi connectivity index (χ2n) is 6.34. The van der Waals surface area contributed by atoms with Gasteiger partial charge in [-0.05, 0) is 43.5 Å². The van der Waals surface area contributed by atoms with Gasteiger partial charge >= 0.3 is 0 Å². The molecular formula is C17H25Cl2N3O2. The van der Waals surface area contributed by atoms with Crippen molar-refractivity contribution in [3.63, 3.8) is 0 Å². The highest BCUT2D eigenvalue weighted by Crippen LogP contribution is 2.21. The molecule has 1 aromatic carbocycles. The smallest absolute Gasteiger partial charge is 0.252 e. The molecule has 0 aliphatic carbocycles. The van der Waals surface area contributed by atoms with Crippen molar-refractivity contribution in [3.05, 3.63) is 28.8 Å². The second-order valence-corrected chi connectivity index (χ2v) is 6.75. The van der Waals surface area contributed by atoms with Crippen molar-refractivity contribution < 1.29 is 9.59 Å². The summed E-state index contributed by atoms with van der Waals surface area (Å²) in [7, 11) is 0. The first-order chi connectivity index (χ1) is 11.0. The molecule has 3 N–H and O–H groups in total. The summed E-state index contributed by atoms with van der Waals surface area (Å²) in [6.07, 6.45) is 2.65. The maximum atomic E-state index is 12.3. The minimum Gasteiger partial charge on any atom is -0.350 e. The number of carbonyl (C=O) groups excluding carboxylic acids is 2. The molecule has 0 spiro atoms. The van der Waals surface area contributed by atoms with Crippen LogP contribution < -0.4 is 16.0 Å². The fourth-order valence-corrected chi connectivity index (χ4v) is 2.81. The van der Waals surface area contributed by atoms with Gasteiger partial charge in [0.15, 0.2) is 0 Å². The molecule has 1 aliphatic heterocycles. The van der Waals surface area contributed by atoms with E-state index in [9.17, 15) is 9.59 Å². The fourth-order valence-electron chi connectivity index (χ4n) is 2.60. The van der Waals surface area contributed by atoms with Gasteiger partial charge in [0.25, 0.3) is 5.91 Å². The Hall–Kier alpha value is -1.30. The molecule has 1 saturated heterocycles. The zero-order valence-corrected chi connectivity index (χ0v) is 15.6. The third kappa shape index (κ3) is 6.30. The van der Waals surface area contributed by atoms with Gasteiger partial charge in [-0.2, -0.15) is 0 Å². The lowest BCUT2D eigenvalue weighted by Crippen LogP contribution is -2.37. The standard InChI is InChI=1S/C17H24ClN3O2.ClH/c1-11(2)8-16(22)21-12-5-6-15(18)14(9-12)17(23)20-10-13-4-3-7-19-13;/h5-6,9,11,13,19H,3-4,7-8,10H2,1-2H3,(H,20,23)(H,21,22);1H. The van der Waals surface area contributed by atoms with Gasteiger partial charge in [-0.15, -0.1) is 12.4 Å². The molecule has 0 aromatic heterocycles. The first kappa shape index (κ1) is 20.7. The van der Waals surface area contributed by atoms with Crippen molar-refractivity contribution in [2.24, 2.45) is 5.92 Å². The average Bonchev–Trinajstić information content (AvgIpc) is 2.99. The summed E-state index contributed by atoms with van der Waals surface area (Å²) in [6.45, 7) is 5.55. The minimum atomic E-state index is -0.219. The average molecular weight is 374 g/mol. The Morgan fingerprint density at radius 2 is 2.12 bits per heavy atom. The van der Waals surface area contributed by atoms with Gasteiger partial charge in [0.2, 0.25) is 5.91 Å². The van der Waals surface area contributed by atoms with Crippen LogP contribution in [0, 0.1) is 5.92 Å². The monoisotopic (exact) mass is 373 g/mol. The summed E-state index contributed by atoms with van der Waals surface area (Å²) in [5.74, 6) is -0.00326. The highest BCUT2D eigenvalue weighted by molar-refractivity contribution is 6.34. The zero-order chi connectivity index (χ0) is 16.8. The third-order valence-electron chi connectivity index (χ3n) is 3.76. The summed E-state index contributed by atoms with van der Waals surface area (Å²) in [6, 6.07) is 5.29. The van der Waals surface area contributed by atoms with Crippen LogP contribution in [0.3, 0.4) is 0 Å². The van der Waals surface area contributed by atoms with Gasteiger partial charge in [-0.25, -0.2) is 0 Å². The SMILES string of the molecule is CC(C)CC(=O)Nc1ccc(Cl)c(C(=O)NCC2CCCN2)c1.Cl. The molecule has 2 rings (SSSR count). The molecule has 0 radical (unpaired) electrons. The second kappa shape index (κ2) is 9.87. The van der Waals surface area contributed by atoms with E-state index in [0.717, 1.165) is 19.4 Å². The number of hydrogen-bond donors (Lipinski definition) is 3. The van der Waals surface area contributed by atoms with Crippen LogP contribution in [0.5, 0.6) is 0 Å². The molecule has 5 nitrogen and oxygen atoms in total. The molecule has 134 valence electrons. The number of rotatable bonds is 6. The summed E-state index contributed by atoms with van der Waals surface area (Å²) >= 11 is 6.12. The Morgan fingerprint density at radius 3 is 2.75 bits per heavy atom. The Kier molecular flexibility index (Phi) is 8.53. The van der Waals surface area contributed by atoms with E-state index in [1.54, 1.807) is 18.2 Å². The molecule has 24 heavy (non-hydrogen) atoms. The number of halogens is 2. The van der Waals surface area contributed by atoms with Crippen LogP contribution in [0.25, 0.3) is 0 Å². The van der Waals surface area contributed by atoms with Crippen LogP contribution in [0.15, 0.2) is 18.2 Å². The predicted molar refractivity (Wildman–Crippen MR) is 100 cm³/mol. The zero-order valence-electron chi connectivity index (χ0n) is 14.0. The van der Waals surface area contributed by atoms with Crippen molar-refractivity contribution in [2.45, 2.75) is 39.2 Å². The van der Waals surface area contributed by atoms with Crippen molar-refractivity contribution in [1.29, 1.82) is 0 Å². The van der Waals surface area contributed by atoms with E-state index in [-0.39, 0.29) is 30.1 Å². The third-order valence-corrected chi connectivity index (χ3v) is 4.09. The van der Waals surface area contributed by atoms with E-state index in [2.05, 4.69) is 16.0 Å². The molecule has 0 bridgehead atoms. The number of carbonyl (C=O) groups is 2. The van der Waals surface area contributed by atoms with Crippen LogP contribution in [0.4, 0.5) is 5.69 Å². The maximum Gasteiger partial charge on any atom is 0.252 e. The van der Waals surface area contributed by atoms with Crippen LogP contribution >= 0.6 is 24.0 Å². The van der Waals surface area contributed by atoms with Crippen LogP contribution in [0.1, 0.15) is 43.5 Å². The largest absolute Gasteiger partial charge is 0.350 e. The first-order valence-corrected chi connectivity index (χ1v) is 8.44. The van der Waals surface area contributed by atoms with Gasteiger partial charge < -0.3 is 16.0 Å². The molecule has 1 fully saturated rings. The number of amides is 2. The molecule has 1 unspecified atom stereocenters. The van der Waals surface area contributed by atoms with Crippen LogP contribution in [-0.4, -0.2) is 30.9 Å². The number of hydrogen-bond acceptors (Lipinski definition) is 3. The van der Waals surface area contributed by atoms with E-state index in [1.165, 1.54) is 0 Å². The van der Waals surface area contributed by atoms with Crippen LogP contribution in [-0.2, 0) is 4.79 Å². The summed E-state index contributed by atoms with van der Waals surface area (Å²) < 4.78 is 0. The minimum absolute atomic E-state index is 0. The van der Waals surface area contributed by atoms with Gasteiger partial charge in [0.05, 0.1) is 10.6 Å². The Labute approximate surface area is 154 Å². The molecule has 1 aliphatic rings. The van der Waals surface area contributed by atoms with Crippen molar-refractivity contribution in [3.8, 4) is 0 Å². The Bertz CT molecular complexity index is 573. The van der Waals surface area contributed by atoms with E-state index in [4.69, 9.17) is 11.6 Å². The van der Waals surface area contributed by atoms with Crippen molar-refractivity contribution >= 4 is 41.5 Å². The molecule has 2 amide bonds. The van der Waals surface area contributed by atoms with Gasteiger partial charge in [0.1, 0.15) is 0 Å². The molecule has 1 heterocycles. The van der Waals surface area contributed by atoms with E-state index < -0.39 is 0 Å². The van der Waals surface area contributed by atoms with Crippen molar-refractivity contribution in [1.82, 2.24) is 10.6 Å². The van der Waals surface area contributed by atoms with E-state index >= 15 is 0 Å². The number of benzene rings is 1. The van der Waals surface area contributed by atoms with Crippen molar-refractivity contribution in [2.75, 3.05) is 18.4 Å². The Balaban J connectivity index is 0.00000288. The highest BCUT2D eigenvalue weighted by Gasteiger charge is 2.17. The van der Waals surface area contributed by atoms with E-state index in [1.807, 2.05) is 13.8 Å².